The molecule has 2 aromatic carbocycles. The maximum Gasteiger partial charge on any atom is 0.244 e. The second kappa shape index (κ2) is 14.5. The number of hydrogen-bond donors (Lipinski definition) is 1. The van der Waals surface area contributed by atoms with Gasteiger partial charge in [0.05, 0.1) is 5.69 Å². The van der Waals surface area contributed by atoms with Gasteiger partial charge in [-0.2, -0.15) is 0 Å². The molecule has 1 heterocycles. The molecule has 1 unspecified atom stereocenters. The summed E-state index contributed by atoms with van der Waals surface area (Å²) in [5, 5.41) is 3.12. The quantitative estimate of drug-likeness (QED) is 0.285. The van der Waals surface area contributed by atoms with E-state index >= 15 is 0 Å². The van der Waals surface area contributed by atoms with E-state index in [-0.39, 0.29) is 23.8 Å². The van der Waals surface area contributed by atoms with E-state index in [2.05, 4.69) is 78.3 Å². The van der Waals surface area contributed by atoms with Crippen molar-refractivity contribution >= 4 is 31.3 Å². The normalized spacial score (nSPS) is 14.8. The van der Waals surface area contributed by atoms with Crippen molar-refractivity contribution in [2.75, 3.05) is 49.5 Å². The molecular formula is C33H48N4O2Si. The maximum absolute atomic E-state index is 13.6. The zero-order valence-corrected chi connectivity index (χ0v) is 26.6. The lowest BCUT2D eigenvalue weighted by Crippen LogP contribution is -2.51. The van der Waals surface area contributed by atoms with Crippen LogP contribution < -0.4 is 10.2 Å². The largest absolute Gasteiger partial charge is 0.368 e. The number of amides is 2. The molecule has 3 rings (SSSR count). The molecule has 1 N–H and O–H groups in total. The Hall–Kier alpha value is -3.08. The molecule has 2 aromatic rings. The monoisotopic (exact) mass is 560 g/mol. The molecule has 1 aliphatic rings. The smallest absolute Gasteiger partial charge is 0.244 e. The van der Waals surface area contributed by atoms with Gasteiger partial charge in [0.1, 0.15) is 14.1 Å². The number of piperazine rings is 1. The molecule has 1 atom stereocenters. The summed E-state index contributed by atoms with van der Waals surface area (Å²) in [7, 11) is -1.60. The Labute approximate surface area is 243 Å². The topological polar surface area (TPSA) is 55.9 Å². The SMILES string of the molecule is CCC(CC)C(=O)Nc1ccc(N2CCN(C(C(=O)N(CC)CC)c3ccccc3)CC2)c(C#C[Si](C)(C)C)c1. The van der Waals surface area contributed by atoms with E-state index in [0.717, 1.165) is 61.5 Å². The molecule has 0 aliphatic carbocycles. The zero-order valence-electron chi connectivity index (χ0n) is 25.6. The number of hydrogen-bond acceptors (Lipinski definition) is 4. The molecule has 1 aliphatic heterocycles. The Morgan fingerprint density at radius 2 is 1.55 bits per heavy atom. The molecule has 2 amide bonds. The molecule has 7 heteroatoms. The van der Waals surface area contributed by atoms with Crippen molar-refractivity contribution in [3.8, 4) is 11.5 Å². The number of carbonyl (C=O) groups is 2. The number of likely N-dealkylation sites (N-methyl/N-ethyl adjacent to an activating group) is 1. The summed E-state index contributed by atoms with van der Waals surface area (Å²) >= 11 is 0. The Kier molecular flexibility index (Phi) is 11.4. The van der Waals surface area contributed by atoms with Crippen LogP contribution in [0.3, 0.4) is 0 Å². The van der Waals surface area contributed by atoms with Gasteiger partial charge in [0, 0.05) is 56.4 Å². The highest BCUT2D eigenvalue weighted by molar-refractivity contribution is 6.83. The highest BCUT2D eigenvalue weighted by Crippen LogP contribution is 2.29. The average molecular weight is 561 g/mol. The van der Waals surface area contributed by atoms with Crippen molar-refractivity contribution in [2.45, 2.75) is 66.2 Å². The summed E-state index contributed by atoms with van der Waals surface area (Å²) in [5.74, 6) is 3.73. The van der Waals surface area contributed by atoms with Gasteiger partial charge in [0.15, 0.2) is 0 Å². The molecule has 0 bridgehead atoms. The van der Waals surface area contributed by atoms with Crippen LogP contribution >= 0.6 is 0 Å². The highest BCUT2D eigenvalue weighted by atomic mass is 28.3. The van der Waals surface area contributed by atoms with Crippen LogP contribution in [0, 0.1) is 17.4 Å². The van der Waals surface area contributed by atoms with Gasteiger partial charge in [0.2, 0.25) is 11.8 Å². The number of rotatable bonds is 10. The van der Waals surface area contributed by atoms with Gasteiger partial charge in [0.25, 0.3) is 0 Å². The number of nitrogens with one attached hydrogen (secondary N) is 1. The minimum Gasteiger partial charge on any atom is -0.368 e. The number of carbonyl (C=O) groups excluding carboxylic acids is 2. The van der Waals surface area contributed by atoms with Gasteiger partial charge in [-0.3, -0.25) is 14.5 Å². The van der Waals surface area contributed by atoms with Crippen molar-refractivity contribution < 1.29 is 9.59 Å². The van der Waals surface area contributed by atoms with Gasteiger partial charge in [-0.15, -0.1) is 5.54 Å². The molecular weight excluding hydrogens is 512 g/mol. The standard InChI is InChI=1S/C33H48N4O2Si/c1-8-26(9-2)32(38)34-29-17-18-30(28(25-29)19-24-40(5,6)7)36-20-22-37(23-21-36)31(27-15-13-12-14-16-27)33(39)35(10-3)11-4/h12-18,25-26,31H,8-11,20-23H2,1-7H3,(H,34,38). The van der Waals surface area contributed by atoms with E-state index in [1.165, 1.54) is 0 Å². The molecule has 0 aromatic heterocycles. The van der Waals surface area contributed by atoms with Crippen LogP contribution in [0.5, 0.6) is 0 Å². The van der Waals surface area contributed by atoms with Crippen LogP contribution in [-0.2, 0) is 9.59 Å². The Bertz CT molecular complexity index is 1180. The van der Waals surface area contributed by atoms with E-state index in [1.807, 2.05) is 49.1 Å². The first-order chi connectivity index (χ1) is 19.1. The van der Waals surface area contributed by atoms with E-state index in [4.69, 9.17) is 0 Å². The molecule has 6 nitrogen and oxygen atoms in total. The van der Waals surface area contributed by atoms with Crippen LogP contribution in [0.25, 0.3) is 0 Å². The van der Waals surface area contributed by atoms with E-state index in [9.17, 15) is 9.59 Å². The van der Waals surface area contributed by atoms with Crippen molar-refractivity contribution in [3.05, 3.63) is 59.7 Å². The molecule has 1 saturated heterocycles. The van der Waals surface area contributed by atoms with Crippen LogP contribution in [0.15, 0.2) is 48.5 Å². The molecule has 0 saturated carbocycles. The lowest BCUT2D eigenvalue weighted by Gasteiger charge is -2.41. The Morgan fingerprint density at radius 1 is 0.925 bits per heavy atom. The molecule has 0 spiro atoms. The number of benzene rings is 2. The predicted octanol–water partition coefficient (Wildman–Crippen LogP) is 6.02. The summed E-state index contributed by atoms with van der Waals surface area (Å²) in [5.41, 5.74) is 7.42. The van der Waals surface area contributed by atoms with Crippen LogP contribution in [-0.4, -0.2) is 69.0 Å². The first-order valence-electron chi connectivity index (χ1n) is 14.9. The third-order valence-electron chi connectivity index (χ3n) is 7.64. The lowest BCUT2D eigenvalue weighted by molar-refractivity contribution is -0.137. The summed E-state index contributed by atoms with van der Waals surface area (Å²) < 4.78 is 0. The van der Waals surface area contributed by atoms with E-state index in [0.29, 0.717) is 13.1 Å². The van der Waals surface area contributed by atoms with Gasteiger partial charge in [-0.25, -0.2) is 0 Å². The summed E-state index contributed by atoms with van der Waals surface area (Å²) in [6, 6.07) is 16.0. The minimum absolute atomic E-state index is 0.0147. The van der Waals surface area contributed by atoms with Crippen LogP contribution in [0.4, 0.5) is 11.4 Å². The summed E-state index contributed by atoms with van der Waals surface area (Å²) in [6.45, 7) is 19.5. The molecule has 40 heavy (non-hydrogen) atoms. The third-order valence-corrected chi connectivity index (χ3v) is 8.51. The number of nitrogens with zero attached hydrogens (tertiary/aromatic N) is 3. The predicted molar refractivity (Wildman–Crippen MR) is 170 cm³/mol. The fourth-order valence-corrected chi connectivity index (χ4v) is 5.73. The van der Waals surface area contributed by atoms with E-state index in [1.54, 1.807) is 0 Å². The molecule has 216 valence electrons. The van der Waals surface area contributed by atoms with Gasteiger partial charge in [-0.05, 0) is 50.5 Å². The fraction of sp³-hybridized carbons (Fsp3) is 0.515. The van der Waals surface area contributed by atoms with Crippen molar-refractivity contribution in [2.24, 2.45) is 5.92 Å². The number of anilines is 2. The highest BCUT2D eigenvalue weighted by Gasteiger charge is 2.33. The summed E-state index contributed by atoms with van der Waals surface area (Å²) in [4.78, 5) is 33.0. The Balaban J connectivity index is 1.86. The fourth-order valence-electron chi connectivity index (χ4n) is 5.22. The summed E-state index contributed by atoms with van der Waals surface area (Å²) in [6.07, 6.45) is 1.65. The second-order valence-electron chi connectivity index (χ2n) is 11.6. The Morgan fingerprint density at radius 3 is 2.10 bits per heavy atom. The van der Waals surface area contributed by atoms with Crippen LogP contribution in [0.1, 0.15) is 57.7 Å². The van der Waals surface area contributed by atoms with Crippen molar-refractivity contribution in [1.29, 1.82) is 0 Å². The third kappa shape index (κ3) is 8.22. The van der Waals surface area contributed by atoms with Gasteiger partial charge >= 0.3 is 0 Å². The van der Waals surface area contributed by atoms with Crippen molar-refractivity contribution in [3.63, 3.8) is 0 Å². The molecule has 0 radical (unpaired) electrons. The van der Waals surface area contributed by atoms with Crippen LogP contribution in [0.2, 0.25) is 19.6 Å². The zero-order chi connectivity index (χ0) is 29.3. The lowest BCUT2D eigenvalue weighted by atomic mass is 10.0. The maximum atomic E-state index is 13.6. The van der Waals surface area contributed by atoms with Gasteiger partial charge < -0.3 is 15.1 Å². The van der Waals surface area contributed by atoms with Gasteiger partial charge in [-0.1, -0.05) is 69.7 Å². The molecule has 1 fully saturated rings. The van der Waals surface area contributed by atoms with E-state index < -0.39 is 8.07 Å². The first-order valence-corrected chi connectivity index (χ1v) is 18.4. The average Bonchev–Trinajstić information content (AvgIpc) is 2.94. The first kappa shape index (κ1) is 31.4. The van der Waals surface area contributed by atoms with Crippen molar-refractivity contribution in [1.82, 2.24) is 9.80 Å². The second-order valence-corrected chi connectivity index (χ2v) is 16.3. The minimum atomic E-state index is -1.60.